The Hall–Kier alpha value is -3.04. The summed E-state index contributed by atoms with van der Waals surface area (Å²) in [5, 5.41) is 13.6. The number of rotatable bonds is 4. The molecule has 3 aromatic rings. The highest BCUT2D eigenvalue weighted by atomic mass is 32.2. The van der Waals surface area contributed by atoms with E-state index in [1.165, 1.54) is 24.3 Å². The summed E-state index contributed by atoms with van der Waals surface area (Å²) in [4.78, 5) is 14.4. The largest absolute Gasteiger partial charge is 0.336 e. The Morgan fingerprint density at radius 1 is 1.07 bits per heavy atom. The number of sulfonamides is 1. The molecule has 8 nitrogen and oxygen atoms in total. The van der Waals surface area contributed by atoms with Gasteiger partial charge in [-0.3, -0.25) is 4.79 Å². The summed E-state index contributed by atoms with van der Waals surface area (Å²) < 4.78 is 24.5. The molecule has 0 spiro atoms. The van der Waals surface area contributed by atoms with E-state index in [-0.39, 0.29) is 16.8 Å². The van der Waals surface area contributed by atoms with Crippen molar-refractivity contribution in [2.24, 2.45) is 5.14 Å². The molecule has 28 heavy (non-hydrogen) atoms. The van der Waals surface area contributed by atoms with Crippen molar-refractivity contribution in [2.75, 3.05) is 13.1 Å². The number of hydrogen-bond donors (Lipinski definition) is 1. The van der Waals surface area contributed by atoms with Crippen molar-refractivity contribution in [3.05, 3.63) is 66.4 Å². The molecule has 2 N–H and O–H groups in total. The number of primary sulfonamides is 1. The van der Waals surface area contributed by atoms with Crippen LogP contribution in [-0.4, -0.2) is 47.3 Å². The zero-order chi connectivity index (χ0) is 19.7. The molecular formula is C19H19N5O3S. The van der Waals surface area contributed by atoms with Crippen LogP contribution in [0, 0.1) is 0 Å². The predicted molar refractivity (Wildman–Crippen MR) is 103 cm³/mol. The highest BCUT2D eigenvalue weighted by Crippen LogP contribution is 2.25. The Morgan fingerprint density at radius 3 is 2.46 bits per heavy atom. The first kappa shape index (κ1) is 18.3. The van der Waals surface area contributed by atoms with E-state index in [4.69, 9.17) is 5.14 Å². The van der Waals surface area contributed by atoms with Crippen LogP contribution in [0.5, 0.6) is 0 Å². The number of nitrogens with zero attached hydrogens (tertiary/aromatic N) is 4. The third kappa shape index (κ3) is 3.67. The molecule has 0 radical (unpaired) electrons. The summed E-state index contributed by atoms with van der Waals surface area (Å²) in [5.41, 5.74) is 2.22. The van der Waals surface area contributed by atoms with Crippen molar-refractivity contribution in [1.29, 1.82) is 0 Å². The van der Waals surface area contributed by atoms with Crippen LogP contribution >= 0.6 is 0 Å². The molecule has 0 bridgehead atoms. The van der Waals surface area contributed by atoms with Crippen molar-refractivity contribution in [2.45, 2.75) is 17.4 Å². The van der Waals surface area contributed by atoms with Gasteiger partial charge in [-0.05, 0) is 30.7 Å². The van der Waals surface area contributed by atoms with E-state index in [9.17, 15) is 13.2 Å². The molecule has 1 saturated heterocycles. The lowest BCUT2D eigenvalue weighted by molar-refractivity contribution is 0.0787. The van der Waals surface area contributed by atoms with Crippen molar-refractivity contribution >= 4 is 15.9 Å². The van der Waals surface area contributed by atoms with E-state index in [2.05, 4.69) is 10.3 Å². The van der Waals surface area contributed by atoms with Crippen LogP contribution < -0.4 is 5.14 Å². The number of aromatic nitrogens is 3. The second-order valence-corrected chi connectivity index (χ2v) is 8.27. The fourth-order valence-corrected chi connectivity index (χ4v) is 3.82. The maximum absolute atomic E-state index is 12.7. The smallest absolute Gasteiger partial charge is 0.253 e. The maximum atomic E-state index is 12.7. The van der Waals surface area contributed by atoms with Gasteiger partial charge in [0.25, 0.3) is 5.91 Å². The predicted octanol–water partition coefficient (Wildman–Crippen LogP) is 1.68. The molecule has 9 heteroatoms. The van der Waals surface area contributed by atoms with E-state index in [0.717, 1.165) is 17.7 Å². The number of likely N-dealkylation sites (tertiary alicyclic amines) is 1. The van der Waals surface area contributed by atoms with E-state index in [1.54, 1.807) is 9.58 Å². The van der Waals surface area contributed by atoms with E-state index in [0.29, 0.717) is 18.7 Å². The van der Waals surface area contributed by atoms with Crippen LogP contribution in [0.4, 0.5) is 0 Å². The van der Waals surface area contributed by atoms with E-state index < -0.39 is 10.0 Å². The molecule has 1 unspecified atom stereocenters. The minimum Gasteiger partial charge on any atom is -0.336 e. The maximum Gasteiger partial charge on any atom is 0.253 e. The summed E-state index contributed by atoms with van der Waals surface area (Å²) in [5.74, 6) is -0.146. The monoisotopic (exact) mass is 397 g/mol. The second kappa shape index (κ2) is 7.17. The van der Waals surface area contributed by atoms with Gasteiger partial charge in [-0.25, -0.2) is 18.2 Å². The van der Waals surface area contributed by atoms with Crippen LogP contribution in [0.25, 0.3) is 11.3 Å². The standard InChI is InChI=1S/C19H19N5O3S/c20-28(26,27)17-8-6-15(7-9-17)19(25)23-11-10-16(12-23)24-13-18(21-22-24)14-4-2-1-3-5-14/h1-9,13,16H,10-12H2,(H2,20,26,27). The fourth-order valence-electron chi connectivity index (χ4n) is 3.31. The SMILES string of the molecule is NS(=O)(=O)c1ccc(C(=O)N2CCC(n3cc(-c4ccccc4)nn3)C2)cc1. The normalized spacial score (nSPS) is 17.0. The topological polar surface area (TPSA) is 111 Å². The summed E-state index contributed by atoms with van der Waals surface area (Å²) in [6.45, 7) is 1.12. The third-order valence-corrected chi connectivity index (χ3v) is 5.76. The molecule has 1 fully saturated rings. The molecule has 4 rings (SSSR count). The summed E-state index contributed by atoms with van der Waals surface area (Å²) in [7, 11) is -3.77. The van der Waals surface area contributed by atoms with Crippen LogP contribution in [-0.2, 0) is 10.0 Å². The summed E-state index contributed by atoms with van der Waals surface area (Å²) in [6, 6.07) is 15.5. The van der Waals surface area contributed by atoms with Gasteiger partial charge in [0.2, 0.25) is 10.0 Å². The number of carbonyl (C=O) groups excluding carboxylic acids is 1. The lowest BCUT2D eigenvalue weighted by atomic mass is 10.2. The molecular weight excluding hydrogens is 378 g/mol. The van der Waals surface area contributed by atoms with Gasteiger partial charge < -0.3 is 4.90 Å². The van der Waals surface area contributed by atoms with Gasteiger partial charge in [-0.2, -0.15) is 0 Å². The Morgan fingerprint density at radius 2 is 1.79 bits per heavy atom. The molecule has 2 heterocycles. The average molecular weight is 397 g/mol. The highest BCUT2D eigenvalue weighted by Gasteiger charge is 2.29. The van der Waals surface area contributed by atoms with Gasteiger partial charge in [0.05, 0.1) is 17.1 Å². The Kier molecular flexibility index (Phi) is 4.70. The van der Waals surface area contributed by atoms with Gasteiger partial charge in [0.15, 0.2) is 0 Å². The number of amides is 1. The van der Waals surface area contributed by atoms with Crippen molar-refractivity contribution < 1.29 is 13.2 Å². The highest BCUT2D eigenvalue weighted by molar-refractivity contribution is 7.89. The first-order valence-corrected chi connectivity index (χ1v) is 10.4. The minimum atomic E-state index is -3.77. The summed E-state index contributed by atoms with van der Waals surface area (Å²) in [6.07, 6.45) is 2.67. The molecule has 0 aliphatic carbocycles. The molecule has 1 aliphatic rings. The quantitative estimate of drug-likeness (QED) is 0.720. The first-order chi connectivity index (χ1) is 13.4. The number of nitrogens with two attached hydrogens (primary N) is 1. The summed E-state index contributed by atoms with van der Waals surface area (Å²) >= 11 is 0. The van der Waals surface area contributed by atoms with Crippen molar-refractivity contribution in [3.8, 4) is 11.3 Å². The minimum absolute atomic E-state index is 0.0144. The van der Waals surface area contributed by atoms with Crippen LogP contribution in [0.1, 0.15) is 22.8 Å². The Bertz CT molecular complexity index is 1090. The van der Waals surface area contributed by atoms with Gasteiger partial charge in [0.1, 0.15) is 5.69 Å². The molecule has 0 saturated carbocycles. The fraction of sp³-hybridized carbons (Fsp3) is 0.211. The third-order valence-electron chi connectivity index (χ3n) is 4.83. The Labute approximate surface area is 162 Å². The van der Waals surface area contributed by atoms with Crippen LogP contribution in [0.2, 0.25) is 0 Å². The van der Waals surface area contributed by atoms with Crippen molar-refractivity contribution in [1.82, 2.24) is 19.9 Å². The molecule has 1 aliphatic heterocycles. The molecule has 2 aromatic carbocycles. The second-order valence-electron chi connectivity index (χ2n) is 6.71. The van der Waals surface area contributed by atoms with E-state index >= 15 is 0 Å². The number of carbonyl (C=O) groups is 1. The molecule has 1 aromatic heterocycles. The van der Waals surface area contributed by atoms with Crippen LogP contribution in [0.15, 0.2) is 65.7 Å². The van der Waals surface area contributed by atoms with Crippen molar-refractivity contribution in [3.63, 3.8) is 0 Å². The zero-order valence-electron chi connectivity index (χ0n) is 15.0. The zero-order valence-corrected chi connectivity index (χ0v) is 15.8. The van der Waals surface area contributed by atoms with E-state index in [1.807, 2.05) is 36.5 Å². The lowest BCUT2D eigenvalue weighted by Gasteiger charge is -2.16. The average Bonchev–Trinajstić information content (AvgIpc) is 3.37. The molecule has 1 atom stereocenters. The molecule has 144 valence electrons. The first-order valence-electron chi connectivity index (χ1n) is 8.81. The number of hydrogen-bond acceptors (Lipinski definition) is 5. The van der Waals surface area contributed by atoms with Gasteiger partial charge in [-0.1, -0.05) is 35.5 Å². The van der Waals surface area contributed by atoms with Gasteiger partial charge in [0, 0.05) is 24.2 Å². The number of benzene rings is 2. The van der Waals surface area contributed by atoms with Gasteiger partial charge >= 0.3 is 0 Å². The van der Waals surface area contributed by atoms with Crippen LogP contribution in [0.3, 0.4) is 0 Å². The lowest BCUT2D eigenvalue weighted by Crippen LogP contribution is -2.29. The Balaban J connectivity index is 1.45. The molecule has 1 amide bonds. The van der Waals surface area contributed by atoms with Gasteiger partial charge in [-0.15, -0.1) is 5.10 Å².